The number of allylic oxidation sites excluding steroid dienone is 1. The molecular formula is C21H18NO3. The number of benzene rings is 2. The van der Waals surface area contributed by atoms with E-state index in [9.17, 15) is 4.79 Å². The number of anilines is 1. The monoisotopic (exact) mass is 332 g/mol. The van der Waals surface area contributed by atoms with Crippen LogP contribution in [0.15, 0.2) is 66.4 Å². The molecule has 125 valence electrons. The summed E-state index contributed by atoms with van der Waals surface area (Å²) in [4.78, 5) is 12.7. The van der Waals surface area contributed by atoms with Crippen molar-refractivity contribution < 1.29 is 14.3 Å². The topological polar surface area (TPSA) is 47.6 Å². The maximum absolute atomic E-state index is 12.7. The summed E-state index contributed by atoms with van der Waals surface area (Å²) in [6.07, 6.45) is 9.36. The molecule has 4 nitrogen and oxygen atoms in total. The van der Waals surface area contributed by atoms with Gasteiger partial charge in [0.15, 0.2) is 5.76 Å². The normalized spacial score (nSPS) is 15.0. The van der Waals surface area contributed by atoms with E-state index in [0.717, 1.165) is 11.7 Å². The van der Waals surface area contributed by atoms with E-state index < -0.39 is 0 Å². The van der Waals surface area contributed by atoms with Crippen molar-refractivity contribution in [2.24, 2.45) is 0 Å². The van der Waals surface area contributed by atoms with E-state index in [2.05, 4.69) is 5.32 Å². The molecule has 0 atom stereocenters. The predicted octanol–water partition coefficient (Wildman–Crippen LogP) is 4.00. The molecule has 3 rings (SSSR count). The molecule has 1 N–H and O–H groups in total. The quantitative estimate of drug-likeness (QED) is 0.642. The fourth-order valence-electron chi connectivity index (χ4n) is 2.26. The van der Waals surface area contributed by atoms with Crippen LogP contribution in [0.5, 0.6) is 11.5 Å². The fraction of sp³-hybridized carbons (Fsp3) is 0.0476. The Bertz CT molecular complexity index is 717. The molecule has 2 aromatic carbocycles. The number of nitrogens with one attached hydrogen (secondary N) is 1. The van der Waals surface area contributed by atoms with Crippen molar-refractivity contribution >= 4 is 11.6 Å². The summed E-state index contributed by atoms with van der Waals surface area (Å²) in [5.74, 6) is 2.12. The van der Waals surface area contributed by atoms with E-state index in [1.54, 1.807) is 49.6 Å². The first-order valence-corrected chi connectivity index (χ1v) is 7.86. The standard InChI is InChI=1S/C21H18NO3/c1-24-18-13-11-17(12-14-18)22-21(23)20(15-16-7-5-6-8-16)25-19-9-3-2-4-10-19/h2-15H,1H3,(H,22,23)/b20-15-. The minimum Gasteiger partial charge on any atom is -0.497 e. The lowest BCUT2D eigenvalue weighted by molar-refractivity contribution is -0.114. The summed E-state index contributed by atoms with van der Waals surface area (Å²) in [6, 6.07) is 16.3. The minimum atomic E-state index is -0.324. The maximum atomic E-state index is 12.7. The van der Waals surface area contributed by atoms with Gasteiger partial charge >= 0.3 is 0 Å². The van der Waals surface area contributed by atoms with Crippen molar-refractivity contribution in [2.75, 3.05) is 12.4 Å². The smallest absolute Gasteiger partial charge is 0.291 e. The first kappa shape index (κ1) is 17.1. The Hall–Kier alpha value is -2.75. The van der Waals surface area contributed by atoms with Gasteiger partial charge in [0.1, 0.15) is 11.5 Å². The van der Waals surface area contributed by atoms with Crippen molar-refractivity contribution in [3.05, 3.63) is 98.0 Å². The maximum Gasteiger partial charge on any atom is 0.291 e. The number of amides is 1. The van der Waals surface area contributed by atoms with Gasteiger partial charge in [-0.25, -0.2) is 0 Å². The Morgan fingerprint density at radius 3 is 2.24 bits per heavy atom. The molecule has 1 amide bonds. The Kier molecular flexibility index (Phi) is 5.73. The van der Waals surface area contributed by atoms with Crippen molar-refractivity contribution in [1.82, 2.24) is 0 Å². The van der Waals surface area contributed by atoms with Gasteiger partial charge in [0.25, 0.3) is 5.91 Å². The second kappa shape index (κ2) is 8.38. The molecule has 1 aliphatic rings. The van der Waals surface area contributed by atoms with E-state index in [1.165, 1.54) is 0 Å². The van der Waals surface area contributed by atoms with Crippen molar-refractivity contribution in [3.63, 3.8) is 0 Å². The highest BCUT2D eigenvalue weighted by atomic mass is 16.5. The summed E-state index contributed by atoms with van der Waals surface area (Å²) in [6.45, 7) is 0. The molecule has 1 fully saturated rings. The van der Waals surface area contributed by atoms with Crippen LogP contribution in [-0.4, -0.2) is 13.0 Å². The predicted molar refractivity (Wildman–Crippen MR) is 97.2 cm³/mol. The number of methoxy groups -OCH3 is 1. The number of hydrogen-bond acceptors (Lipinski definition) is 3. The lowest BCUT2D eigenvalue weighted by Crippen LogP contribution is -2.19. The molecule has 0 saturated heterocycles. The molecule has 0 heterocycles. The zero-order valence-corrected chi connectivity index (χ0v) is 13.8. The summed E-state index contributed by atoms with van der Waals surface area (Å²) >= 11 is 0. The molecule has 1 aliphatic carbocycles. The molecule has 1 saturated carbocycles. The van der Waals surface area contributed by atoms with Gasteiger partial charge in [0.2, 0.25) is 0 Å². The van der Waals surface area contributed by atoms with E-state index in [4.69, 9.17) is 9.47 Å². The van der Waals surface area contributed by atoms with Gasteiger partial charge in [-0.15, -0.1) is 0 Å². The van der Waals surface area contributed by atoms with Gasteiger partial charge in [-0.1, -0.05) is 18.2 Å². The molecule has 4 heteroatoms. The molecule has 5 radical (unpaired) electrons. The third-order valence-corrected chi connectivity index (χ3v) is 3.53. The van der Waals surface area contributed by atoms with Crippen LogP contribution in [0, 0.1) is 31.6 Å². The Balaban J connectivity index is 1.75. The second-order valence-corrected chi connectivity index (χ2v) is 5.32. The third kappa shape index (κ3) is 4.86. The highest BCUT2D eigenvalue weighted by Crippen LogP contribution is 2.27. The van der Waals surface area contributed by atoms with Gasteiger partial charge in [-0.2, -0.15) is 0 Å². The molecule has 0 bridgehead atoms. The van der Waals surface area contributed by atoms with Crippen molar-refractivity contribution in [1.29, 1.82) is 0 Å². The number of para-hydroxylation sites is 1. The average molecular weight is 332 g/mol. The summed E-state index contributed by atoms with van der Waals surface area (Å²) in [7, 11) is 1.60. The lowest BCUT2D eigenvalue weighted by Gasteiger charge is -2.13. The van der Waals surface area contributed by atoms with Crippen LogP contribution >= 0.6 is 0 Å². The zero-order chi connectivity index (χ0) is 17.5. The molecule has 0 aliphatic heterocycles. The van der Waals surface area contributed by atoms with E-state index in [1.807, 2.05) is 43.9 Å². The number of ether oxygens (including phenoxy) is 2. The molecular weight excluding hydrogens is 314 g/mol. The van der Waals surface area contributed by atoms with Crippen LogP contribution in [-0.2, 0) is 4.79 Å². The molecule has 0 aromatic heterocycles. The second-order valence-electron chi connectivity index (χ2n) is 5.32. The van der Waals surface area contributed by atoms with Gasteiger partial charge < -0.3 is 14.8 Å². The van der Waals surface area contributed by atoms with Crippen molar-refractivity contribution in [3.8, 4) is 11.5 Å². The first-order valence-electron chi connectivity index (χ1n) is 7.86. The van der Waals surface area contributed by atoms with Gasteiger partial charge in [-0.05, 0) is 68.2 Å². The van der Waals surface area contributed by atoms with Crippen LogP contribution in [0.4, 0.5) is 5.69 Å². The molecule has 0 spiro atoms. The van der Waals surface area contributed by atoms with Gasteiger partial charge in [0, 0.05) is 11.6 Å². The number of carbonyl (C=O) groups excluding carboxylic acids is 1. The van der Waals surface area contributed by atoms with Crippen LogP contribution in [0.1, 0.15) is 0 Å². The highest BCUT2D eigenvalue weighted by molar-refractivity contribution is 6.03. The first-order chi connectivity index (χ1) is 12.2. The molecule has 2 aromatic rings. The Labute approximate surface area is 148 Å². The van der Waals surface area contributed by atoms with Crippen LogP contribution in [0.2, 0.25) is 0 Å². The fourth-order valence-corrected chi connectivity index (χ4v) is 2.26. The summed E-state index contributed by atoms with van der Waals surface area (Å²) in [5.41, 5.74) is 0.663. The van der Waals surface area contributed by atoms with Crippen LogP contribution in [0.3, 0.4) is 0 Å². The molecule has 25 heavy (non-hydrogen) atoms. The van der Waals surface area contributed by atoms with Crippen molar-refractivity contribution in [2.45, 2.75) is 0 Å². The largest absolute Gasteiger partial charge is 0.497 e. The number of carbonyl (C=O) groups is 1. The van der Waals surface area contributed by atoms with Crippen LogP contribution in [0.25, 0.3) is 0 Å². The van der Waals surface area contributed by atoms with E-state index in [-0.39, 0.29) is 11.7 Å². The lowest BCUT2D eigenvalue weighted by atomic mass is 10.1. The number of rotatable bonds is 6. The number of hydrogen-bond donors (Lipinski definition) is 1. The summed E-state index contributed by atoms with van der Waals surface area (Å²) in [5, 5.41) is 2.84. The average Bonchev–Trinajstić information content (AvgIpc) is 3.16. The zero-order valence-electron chi connectivity index (χ0n) is 13.8. The third-order valence-electron chi connectivity index (χ3n) is 3.53. The van der Waals surface area contributed by atoms with Gasteiger partial charge in [-0.3, -0.25) is 4.79 Å². The minimum absolute atomic E-state index is 0.216. The van der Waals surface area contributed by atoms with E-state index in [0.29, 0.717) is 11.4 Å². The molecule has 0 unspecified atom stereocenters. The highest BCUT2D eigenvalue weighted by Gasteiger charge is 2.20. The van der Waals surface area contributed by atoms with Gasteiger partial charge in [0.05, 0.1) is 7.11 Å². The Morgan fingerprint density at radius 1 is 0.920 bits per heavy atom. The SMILES string of the molecule is COc1ccc(NC(=O)/C(=C/[C]2[CH][CH][CH][CH]2)Oc2ccccc2)cc1. The Morgan fingerprint density at radius 2 is 1.60 bits per heavy atom. The summed E-state index contributed by atoms with van der Waals surface area (Å²) < 4.78 is 10.9. The van der Waals surface area contributed by atoms with Crippen LogP contribution < -0.4 is 14.8 Å². The van der Waals surface area contributed by atoms with E-state index >= 15 is 0 Å².